The van der Waals surface area contributed by atoms with Crippen molar-refractivity contribution in [3.05, 3.63) is 29.8 Å². The van der Waals surface area contributed by atoms with Crippen LogP contribution < -0.4 is 10.2 Å². The van der Waals surface area contributed by atoms with Gasteiger partial charge < -0.3 is 10.2 Å². The van der Waals surface area contributed by atoms with Gasteiger partial charge in [0.25, 0.3) is 0 Å². The average molecular weight is 272 g/mol. The number of fused-ring (bicyclic) bond motifs is 1. The van der Waals surface area contributed by atoms with E-state index in [9.17, 15) is 0 Å². The molecule has 1 unspecified atom stereocenters. The third kappa shape index (κ3) is 3.17. The lowest BCUT2D eigenvalue weighted by molar-refractivity contribution is 0.458. The number of rotatable bonds is 4. The average Bonchev–Trinajstić information content (AvgIpc) is 2.91. The van der Waals surface area contributed by atoms with Gasteiger partial charge in [-0.05, 0) is 36.8 Å². The van der Waals surface area contributed by atoms with E-state index in [-0.39, 0.29) is 0 Å². The molecule has 1 saturated carbocycles. The highest BCUT2D eigenvalue weighted by Gasteiger charge is 2.24. The molecule has 0 saturated heterocycles. The molecule has 1 aliphatic heterocycles. The number of nitrogens with zero attached hydrogens (tertiary/aromatic N) is 1. The van der Waals surface area contributed by atoms with E-state index in [1.165, 1.54) is 62.9 Å². The second-order valence-corrected chi connectivity index (χ2v) is 6.55. The highest BCUT2D eigenvalue weighted by molar-refractivity contribution is 5.54. The van der Waals surface area contributed by atoms with E-state index in [4.69, 9.17) is 0 Å². The van der Waals surface area contributed by atoms with Crippen LogP contribution in [0.15, 0.2) is 24.3 Å². The Morgan fingerprint density at radius 2 is 2.00 bits per heavy atom. The van der Waals surface area contributed by atoms with Crippen molar-refractivity contribution >= 4 is 5.69 Å². The Labute approximate surface area is 123 Å². The summed E-state index contributed by atoms with van der Waals surface area (Å²) in [5.74, 6) is 0.920. The first kappa shape index (κ1) is 13.9. The van der Waals surface area contributed by atoms with Crippen molar-refractivity contribution in [2.24, 2.45) is 5.92 Å². The van der Waals surface area contributed by atoms with Gasteiger partial charge in [-0.2, -0.15) is 0 Å². The van der Waals surface area contributed by atoms with Gasteiger partial charge in [-0.3, -0.25) is 0 Å². The minimum absolute atomic E-state index is 0.647. The Hall–Kier alpha value is -1.02. The van der Waals surface area contributed by atoms with Gasteiger partial charge in [0.2, 0.25) is 0 Å². The standard InChI is InChI=1S/C18H28N2/c1-2-7-17-14-20(13-15-8-3-4-9-15)18-11-6-5-10-16(18)12-19-17/h5-6,10-11,15,17,19H,2-4,7-9,12-14H2,1H3. The molecule has 0 radical (unpaired) electrons. The molecular formula is C18H28N2. The molecule has 0 bridgehead atoms. The maximum absolute atomic E-state index is 3.75. The summed E-state index contributed by atoms with van der Waals surface area (Å²) in [6, 6.07) is 9.63. The fourth-order valence-electron chi connectivity index (χ4n) is 3.87. The summed E-state index contributed by atoms with van der Waals surface area (Å²) < 4.78 is 0. The Balaban J connectivity index is 1.78. The fraction of sp³-hybridized carbons (Fsp3) is 0.667. The van der Waals surface area contributed by atoms with Crippen molar-refractivity contribution < 1.29 is 0 Å². The number of benzene rings is 1. The Bertz CT molecular complexity index is 423. The SMILES string of the molecule is CCCC1CN(CC2CCCC2)c2ccccc2CN1. The maximum Gasteiger partial charge on any atom is 0.0412 e. The summed E-state index contributed by atoms with van der Waals surface area (Å²) in [4.78, 5) is 2.67. The smallest absolute Gasteiger partial charge is 0.0412 e. The lowest BCUT2D eigenvalue weighted by atomic mass is 10.1. The quantitative estimate of drug-likeness (QED) is 0.892. The topological polar surface area (TPSA) is 15.3 Å². The van der Waals surface area contributed by atoms with Crippen molar-refractivity contribution in [1.29, 1.82) is 0 Å². The zero-order valence-electron chi connectivity index (χ0n) is 12.8. The molecule has 1 aromatic rings. The van der Waals surface area contributed by atoms with Crippen molar-refractivity contribution in [1.82, 2.24) is 5.32 Å². The highest BCUT2D eigenvalue weighted by atomic mass is 15.2. The van der Waals surface area contributed by atoms with Gasteiger partial charge in [-0.25, -0.2) is 0 Å². The van der Waals surface area contributed by atoms with Crippen molar-refractivity contribution in [2.75, 3.05) is 18.0 Å². The first-order valence-electron chi connectivity index (χ1n) is 8.43. The molecule has 110 valence electrons. The van der Waals surface area contributed by atoms with Crippen molar-refractivity contribution in [2.45, 2.75) is 58.0 Å². The van der Waals surface area contributed by atoms with E-state index in [2.05, 4.69) is 41.4 Å². The summed E-state index contributed by atoms with van der Waals surface area (Å²) in [6.07, 6.45) is 8.31. The molecule has 0 amide bonds. The van der Waals surface area contributed by atoms with Gasteiger partial charge in [0.05, 0.1) is 0 Å². The Morgan fingerprint density at radius 1 is 1.20 bits per heavy atom. The van der Waals surface area contributed by atoms with Crippen molar-refractivity contribution in [3.8, 4) is 0 Å². The van der Waals surface area contributed by atoms with Gasteiger partial charge in [-0.15, -0.1) is 0 Å². The molecular weight excluding hydrogens is 244 g/mol. The molecule has 1 aromatic carbocycles. The molecule has 1 N–H and O–H groups in total. The molecule has 1 atom stereocenters. The van der Waals surface area contributed by atoms with E-state index in [1.54, 1.807) is 0 Å². The molecule has 0 aromatic heterocycles. The van der Waals surface area contributed by atoms with Crippen LogP contribution in [-0.2, 0) is 6.54 Å². The molecule has 1 fully saturated rings. The van der Waals surface area contributed by atoms with Gasteiger partial charge in [0.15, 0.2) is 0 Å². The van der Waals surface area contributed by atoms with Crippen LogP contribution in [0.5, 0.6) is 0 Å². The zero-order chi connectivity index (χ0) is 13.8. The minimum atomic E-state index is 0.647. The molecule has 2 aliphatic rings. The van der Waals surface area contributed by atoms with E-state index >= 15 is 0 Å². The molecule has 1 aliphatic carbocycles. The normalized spacial score (nSPS) is 23.6. The van der Waals surface area contributed by atoms with Gasteiger partial charge in [0.1, 0.15) is 0 Å². The zero-order valence-corrected chi connectivity index (χ0v) is 12.8. The Morgan fingerprint density at radius 3 is 2.80 bits per heavy atom. The molecule has 3 rings (SSSR count). The molecule has 0 spiro atoms. The van der Waals surface area contributed by atoms with E-state index < -0.39 is 0 Å². The summed E-state index contributed by atoms with van der Waals surface area (Å²) in [6.45, 7) is 5.77. The Kier molecular flexibility index (Phi) is 4.62. The predicted octanol–water partition coefficient (Wildman–Crippen LogP) is 3.96. The monoisotopic (exact) mass is 272 g/mol. The van der Waals surface area contributed by atoms with E-state index in [0.29, 0.717) is 6.04 Å². The van der Waals surface area contributed by atoms with Crippen LogP contribution in [0.25, 0.3) is 0 Å². The summed E-state index contributed by atoms with van der Waals surface area (Å²) >= 11 is 0. The highest BCUT2D eigenvalue weighted by Crippen LogP contribution is 2.30. The number of para-hydroxylation sites is 1. The summed E-state index contributed by atoms with van der Waals surface area (Å²) in [5, 5.41) is 3.75. The number of hydrogen-bond donors (Lipinski definition) is 1. The third-order valence-electron chi connectivity index (χ3n) is 4.94. The number of anilines is 1. The second-order valence-electron chi connectivity index (χ2n) is 6.55. The predicted molar refractivity (Wildman–Crippen MR) is 86.1 cm³/mol. The largest absolute Gasteiger partial charge is 0.369 e. The third-order valence-corrected chi connectivity index (χ3v) is 4.94. The number of nitrogens with one attached hydrogen (secondary N) is 1. The van der Waals surface area contributed by atoms with Crippen LogP contribution in [-0.4, -0.2) is 19.1 Å². The van der Waals surface area contributed by atoms with Crippen LogP contribution in [0.2, 0.25) is 0 Å². The minimum Gasteiger partial charge on any atom is -0.369 e. The first-order chi connectivity index (χ1) is 9.86. The van der Waals surface area contributed by atoms with Crippen LogP contribution in [0.4, 0.5) is 5.69 Å². The van der Waals surface area contributed by atoms with Gasteiger partial charge >= 0.3 is 0 Å². The van der Waals surface area contributed by atoms with Gasteiger partial charge in [-0.1, -0.05) is 44.4 Å². The van der Waals surface area contributed by atoms with Gasteiger partial charge in [0, 0.05) is 31.4 Å². The molecule has 2 heteroatoms. The summed E-state index contributed by atoms with van der Waals surface area (Å²) in [5.41, 5.74) is 2.95. The summed E-state index contributed by atoms with van der Waals surface area (Å²) in [7, 11) is 0. The number of hydrogen-bond acceptors (Lipinski definition) is 2. The molecule has 2 nitrogen and oxygen atoms in total. The maximum atomic E-state index is 3.75. The molecule has 1 heterocycles. The lowest BCUT2D eigenvalue weighted by Crippen LogP contribution is -2.40. The lowest BCUT2D eigenvalue weighted by Gasteiger charge is -2.30. The fourth-order valence-corrected chi connectivity index (χ4v) is 3.87. The molecule has 20 heavy (non-hydrogen) atoms. The second kappa shape index (κ2) is 6.62. The van der Waals surface area contributed by atoms with Crippen LogP contribution in [0.1, 0.15) is 51.0 Å². The van der Waals surface area contributed by atoms with Crippen LogP contribution >= 0.6 is 0 Å². The van der Waals surface area contributed by atoms with Crippen LogP contribution in [0, 0.1) is 5.92 Å². The first-order valence-corrected chi connectivity index (χ1v) is 8.43. The van der Waals surface area contributed by atoms with Crippen LogP contribution in [0.3, 0.4) is 0 Å². The van der Waals surface area contributed by atoms with E-state index in [1.807, 2.05) is 0 Å². The van der Waals surface area contributed by atoms with E-state index in [0.717, 1.165) is 12.5 Å². The van der Waals surface area contributed by atoms with Crippen molar-refractivity contribution in [3.63, 3.8) is 0 Å².